The molecule has 0 spiro atoms. The second-order valence-corrected chi connectivity index (χ2v) is 6.08. The van der Waals surface area contributed by atoms with E-state index in [0.29, 0.717) is 11.3 Å². The van der Waals surface area contributed by atoms with E-state index in [-0.39, 0.29) is 6.10 Å². The summed E-state index contributed by atoms with van der Waals surface area (Å²) in [4.78, 5) is 16.0. The molecule has 1 unspecified atom stereocenters. The van der Waals surface area contributed by atoms with Gasteiger partial charge in [0.1, 0.15) is 0 Å². The minimum atomic E-state index is -1.30. The van der Waals surface area contributed by atoms with Crippen molar-refractivity contribution in [3.8, 4) is 0 Å². The topological polar surface area (TPSA) is 59.4 Å². The number of hydrogen-bond donors (Lipinski definition) is 1. The zero-order chi connectivity index (χ0) is 14.0. The van der Waals surface area contributed by atoms with E-state index < -0.39 is 12.1 Å². The molecule has 4 nitrogen and oxygen atoms in total. The Balaban J connectivity index is 3.17. The minimum absolute atomic E-state index is 0.257. The molecule has 0 aromatic carbocycles. The molecule has 0 bridgehead atoms. The van der Waals surface area contributed by atoms with Gasteiger partial charge in [-0.3, -0.25) is 4.98 Å². The number of esters is 1. The third kappa shape index (κ3) is 3.42. The van der Waals surface area contributed by atoms with Crippen molar-refractivity contribution >= 4 is 44.5 Å². The first-order valence-electron chi connectivity index (χ1n) is 5.46. The summed E-state index contributed by atoms with van der Waals surface area (Å²) in [6.07, 6.45) is -1.56. The molecule has 1 heterocycles. The van der Waals surface area contributed by atoms with Crippen LogP contribution in [0.1, 0.15) is 36.9 Å². The van der Waals surface area contributed by atoms with Crippen molar-refractivity contribution in [2.75, 3.05) is 0 Å². The number of carbonyl (C=O) groups is 1. The van der Waals surface area contributed by atoms with Crippen LogP contribution in [0.2, 0.25) is 0 Å². The van der Waals surface area contributed by atoms with Gasteiger partial charge in [0.2, 0.25) is 0 Å². The number of nitrogens with zero attached hydrogens (tertiary/aromatic N) is 1. The van der Waals surface area contributed by atoms with E-state index in [1.54, 1.807) is 20.8 Å². The quantitative estimate of drug-likeness (QED) is 0.594. The maximum absolute atomic E-state index is 11.7. The number of halogens is 2. The fourth-order valence-corrected chi connectivity index (χ4v) is 2.91. The first-order chi connectivity index (χ1) is 8.25. The smallest absolute Gasteiger partial charge is 0.340 e. The minimum Gasteiger partial charge on any atom is -0.461 e. The number of ether oxygens (including phenoxy) is 1. The predicted molar refractivity (Wildman–Crippen MR) is 80.3 cm³/mol. The molecule has 0 amide bonds. The van der Waals surface area contributed by atoms with Gasteiger partial charge in [-0.15, -0.1) is 0 Å². The standard InChI is InChI=1S/C12H15BrINO3/c1-5(2)18-12(17)11(16)8-6(3)15-7(4)9(13)10(8)14/h5,11,16H,1-4H3. The van der Waals surface area contributed by atoms with Crippen molar-refractivity contribution in [2.45, 2.75) is 39.9 Å². The molecule has 0 fully saturated rings. The van der Waals surface area contributed by atoms with Crippen LogP contribution < -0.4 is 0 Å². The molecule has 18 heavy (non-hydrogen) atoms. The van der Waals surface area contributed by atoms with Gasteiger partial charge in [-0.1, -0.05) is 0 Å². The highest BCUT2D eigenvalue weighted by Gasteiger charge is 2.26. The Bertz CT molecular complexity index is 477. The van der Waals surface area contributed by atoms with E-state index in [0.717, 1.165) is 13.7 Å². The summed E-state index contributed by atoms with van der Waals surface area (Å²) in [5, 5.41) is 10.1. The Morgan fingerprint density at radius 2 is 1.94 bits per heavy atom. The molecule has 6 heteroatoms. The second-order valence-electron chi connectivity index (χ2n) is 4.21. The Morgan fingerprint density at radius 3 is 2.44 bits per heavy atom. The number of pyridine rings is 1. The first kappa shape index (κ1) is 15.8. The normalized spacial score (nSPS) is 12.7. The monoisotopic (exact) mass is 427 g/mol. The molecule has 100 valence electrons. The van der Waals surface area contributed by atoms with Gasteiger partial charge >= 0.3 is 5.97 Å². The Labute approximate surface area is 128 Å². The molecule has 0 radical (unpaired) electrons. The fraction of sp³-hybridized carbons (Fsp3) is 0.500. The molecule has 0 aliphatic carbocycles. The number of aliphatic hydroxyl groups excluding tert-OH is 1. The summed E-state index contributed by atoms with van der Waals surface area (Å²) >= 11 is 5.48. The van der Waals surface area contributed by atoms with E-state index >= 15 is 0 Å². The van der Waals surface area contributed by atoms with Crippen LogP contribution in [0.4, 0.5) is 0 Å². The van der Waals surface area contributed by atoms with E-state index in [1.807, 2.05) is 6.92 Å². The molecule has 1 N–H and O–H groups in total. The van der Waals surface area contributed by atoms with Crippen LogP contribution in [0.25, 0.3) is 0 Å². The molecule has 0 saturated heterocycles. The van der Waals surface area contributed by atoms with Crippen molar-refractivity contribution in [2.24, 2.45) is 0 Å². The van der Waals surface area contributed by atoms with Gasteiger partial charge in [-0.25, -0.2) is 4.79 Å². The highest BCUT2D eigenvalue weighted by atomic mass is 127. The molecule has 0 saturated carbocycles. The van der Waals surface area contributed by atoms with Crippen molar-refractivity contribution in [3.05, 3.63) is 25.0 Å². The zero-order valence-electron chi connectivity index (χ0n) is 10.6. The van der Waals surface area contributed by atoms with Crippen molar-refractivity contribution in [1.29, 1.82) is 0 Å². The predicted octanol–water partition coefficient (Wildman–Crippen LogP) is 3.05. The van der Waals surface area contributed by atoms with E-state index in [4.69, 9.17) is 4.74 Å². The number of aromatic nitrogens is 1. The fourth-order valence-electron chi connectivity index (χ4n) is 1.53. The molecule has 1 aromatic heterocycles. The zero-order valence-corrected chi connectivity index (χ0v) is 14.4. The Hall–Kier alpha value is -0.210. The van der Waals surface area contributed by atoms with Crippen molar-refractivity contribution in [3.63, 3.8) is 0 Å². The maximum Gasteiger partial charge on any atom is 0.340 e. The average molecular weight is 428 g/mol. The number of aliphatic hydroxyl groups is 1. The van der Waals surface area contributed by atoms with Crippen LogP contribution in [0.5, 0.6) is 0 Å². The third-order valence-electron chi connectivity index (χ3n) is 2.32. The number of hydrogen-bond acceptors (Lipinski definition) is 4. The van der Waals surface area contributed by atoms with Crippen LogP contribution in [0.3, 0.4) is 0 Å². The van der Waals surface area contributed by atoms with Crippen LogP contribution in [0, 0.1) is 17.4 Å². The Kier molecular flexibility index (Phi) is 5.54. The van der Waals surface area contributed by atoms with Crippen molar-refractivity contribution < 1.29 is 14.6 Å². The molecular formula is C12H15BrINO3. The summed E-state index contributed by atoms with van der Waals surface area (Å²) in [5.41, 5.74) is 1.96. The SMILES string of the molecule is Cc1nc(C)c(C(O)C(=O)OC(C)C)c(I)c1Br. The molecule has 0 aliphatic rings. The highest BCUT2D eigenvalue weighted by Crippen LogP contribution is 2.31. The van der Waals surface area contributed by atoms with Gasteiger partial charge in [-0.05, 0) is 66.2 Å². The van der Waals surface area contributed by atoms with Crippen LogP contribution >= 0.6 is 38.5 Å². The van der Waals surface area contributed by atoms with E-state index in [1.165, 1.54) is 0 Å². The van der Waals surface area contributed by atoms with Crippen LogP contribution in [-0.2, 0) is 9.53 Å². The first-order valence-corrected chi connectivity index (χ1v) is 7.33. The van der Waals surface area contributed by atoms with Crippen LogP contribution in [-0.4, -0.2) is 22.2 Å². The Morgan fingerprint density at radius 1 is 1.39 bits per heavy atom. The van der Waals surface area contributed by atoms with Gasteiger partial charge in [0, 0.05) is 14.8 Å². The summed E-state index contributed by atoms with van der Waals surface area (Å²) in [7, 11) is 0. The molecule has 0 aliphatic heterocycles. The lowest BCUT2D eigenvalue weighted by molar-refractivity contribution is -0.157. The lowest BCUT2D eigenvalue weighted by Crippen LogP contribution is -2.21. The van der Waals surface area contributed by atoms with Crippen molar-refractivity contribution in [1.82, 2.24) is 4.98 Å². The van der Waals surface area contributed by atoms with E-state index in [2.05, 4.69) is 43.5 Å². The second kappa shape index (κ2) is 6.29. The molecule has 1 atom stereocenters. The molecular weight excluding hydrogens is 413 g/mol. The summed E-state index contributed by atoms with van der Waals surface area (Å²) in [6.45, 7) is 7.11. The lowest BCUT2D eigenvalue weighted by Gasteiger charge is -2.17. The van der Waals surface area contributed by atoms with Gasteiger partial charge in [0.15, 0.2) is 6.10 Å². The number of rotatable bonds is 3. The third-order valence-corrected chi connectivity index (χ3v) is 5.15. The van der Waals surface area contributed by atoms with E-state index in [9.17, 15) is 9.90 Å². The van der Waals surface area contributed by atoms with Gasteiger partial charge in [-0.2, -0.15) is 0 Å². The summed E-state index contributed by atoms with van der Waals surface area (Å²) in [5.74, 6) is -0.649. The summed E-state index contributed by atoms with van der Waals surface area (Å²) < 4.78 is 6.59. The number of carbonyl (C=O) groups excluding carboxylic acids is 1. The lowest BCUT2D eigenvalue weighted by atomic mass is 10.1. The van der Waals surface area contributed by atoms with Crippen LogP contribution in [0.15, 0.2) is 4.47 Å². The highest BCUT2D eigenvalue weighted by molar-refractivity contribution is 14.1. The maximum atomic E-state index is 11.7. The molecule has 1 rings (SSSR count). The average Bonchev–Trinajstić information content (AvgIpc) is 2.25. The molecule has 1 aromatic rings. The van der Waals surface area contributed by atoms with Gasteiger partial charge in [0.05, 0.1) is 16.3 Å². The number of aryl methyl sites for hydroxylation is 2. The largest absolute Gasteiger partial charge is 0.461 e. The van der Waals surface area contributed by atoms with Gasteiger partial charge in [0.25, 0.3) is 0 Å². The summed E-state index contributed by atoms with van der Waals surface area (Å²) in [6, 6.07) is 0. The van der Waals surface area contributed by atoms with Gasteiger partial charge < -0.3 is 9.84 Å².